The fourth-order valence-corrected chi connectivity index (χ4v) is 3.11. The monoisotopic (exact) mass is 311 g/mol. The number of rotatable bonds is 6. The average Bonchev–Trinajstić information content (AvgIpc) is 2.63. The van der Waals surface area contributed by atoms with Gasteiger partial charge in [-0.15, -0.1) is 0 Å². The fourth-order valence-electron chi connectivity index (χ4n) is 3.11. The van der Waals surface area contributed by atoms with E-state index in [1.165, 1.54) is 17.5 Å². The summed E-state index contributed by atoms with van der Waals surface area (Å²) in [5.74, 6) is 0.929. The first-order valence-electron chi connectivity index (χ1n) is 8.39. The molecule has 0 bridgehead atoms. The minimum Gasteiger partial charge on any atom is -0.496 e. The van der Waals surface area contributed by atoms with Crippen LogP contribution in [0.2, 0.25) is 0 Å². The van der Waals surface area contributed by atoms with Gasteiger partial charge in [0.05, 0.1) is 20.3 Å². The predicted octanol–water partition coefficient (Wildman–Crippen LogP) is 3.63. The summed E-state index contributed by atoms with van der Waals surface area (Å²) in [4.78, 5) is 2.49. The number of hydrogen-bond acceptors (Lipinski definition) is 3. The highest BCUT2D eigenvalue weighted by atomic mass is 16.5. The van der Waals surface area contributed by atoms with Crippen LogP contribution in [0.15, 0.2) is 48.5 Å². The molecule has 0 aromatic heterocycles. The van der Waals surface area contributed by atoms with Crippen molar-refractivity contribution in [2.45, 2.75) is 12.8 Å². The topological polar surface area (TPSA) is 21.7 Å². The second-order valence-corrected chi connectivity index (χ2v) is 5.96. The summed E-state index contributed by atoms with van der Waals surface area (Å²) in [7, 11) is 1.73. The van der Waals surface area contributed by atoms with Gasteiger partial charge in [-0.1, -0.05) is 42.5 Å². The number of benzene rings is 2. The molecule has 1 aliphatic rings. The molecular weight excluding hydrogens is 286 g/mol. The van der Waals surface area contributed by atoms with E-state index in [1.54, 1.807) is 7.11 Å². The molecule has 122 valence electrons. The lowest BCUT2D eigenvalue weighted by molar-refractivity contribution is 0.0375. The van der Waals surface area contributed by atoms with Crippen molar-refractivity contribution in [2.75, 3.05) is 40.0 Å². The summed E-state index contributed by atoms with van der Waals surface area (Å²) in [5, 5.41) is 0. The van der Waals surface area contributed by atoms with Crippen molar-refractivity contribution in [3.8, 4) is 16.9 Å². The molecule has 1 aliphatic heterocycles. The van der Waals surface area contributed by atoms with Crippen LogP contribution in [-0.2, 0) is 11.2 Å². The highest BCUT2D eigenvalue weighted by Crippen LogP contribution is 2.30. The molecule has 23 heavy (non-hydrogen) atoms. The summed E-state index contributed by atoms with van der Waals surface area (Å²) in [6.45, 7) is 5.05. The van der Waals surface area contributed by atoms with E-state index in [1.807, 2.05) is 12.1 Å². The molecule has 1 heterocycles. The molecule has 2 aromatic carbocycles. The Balaban J connectivity index is 1.63. The molecule has 1 fully saturated rings. The zero-order chi connectivity index (χ0) is 15.9. The molecule has 0 radical (unpaired) electrons. The first kappa shape index (κ1) is 16.0. The number of methoxy groups -OCH3 is 1. The quantitative estimate of drug-likeness (QED) is 0.813. The van der Waals surface area contributed by atoms with Gasteiger partial charge in [0, 0.05) is 18.7 Å². The lowest BCUT2D eigenvalue weighted by Gasteiger charge is -2.26. The van der Waals surface area contributed by atoms with Crippen molar-refractivity contribution in [1.82, 2.24) is 4.90 Å². The molecule has 0 unspecified atom stereocenters. The van der Waals surface area contributed by atoms with Gasteiger partial charge in [-0.25, -0.2) is 0 Å². The van der Waals surface area contributed by atoms with E-state index in [0.717, 1.165) is 50.6 Å². The largest absolute Gasteiger partial charge is 0.496 e. The van der Waals surface area contributed by atoms with E-state index in [9.17, 15) is 0 Å². The highest BCUT2D eigenvalue weighted by Gasteiger charge is 2.10. The molecule has 1 saturated heterocycles. The maximum atomic E-state index is 5.48. The van der Waals surface area contributed by atoms with Gasteiger partial charge >= 0.3 is 0 Å². The Morgan fingerprint density at radius 3 is 2.70 bits per heavy atom. The van der Waals surface area contributed by atoms with E-state index in [2.05, 4.69) is 41.3 Å². The van der Waals surface area contributed by atoms with Crippen LogP contribution in [-0.4, -0.2) is 44.9 Å². The molecule has 0 amide bonds. The van der Waals surface area contributed by atoms with Crippen LogP contribution in [0.1, 0.15) is 12.0 Å². The average molecular weight is 311 g/mol. The van der Waals surface area contributed by atoms with Gasteiger partial charge in [0.15, 0.2) is 0 Å². The smallest absolute Gasteiger partial charge is 0.126 e. The van der Waals surface area contributed by atoms with Gasteiger partial charge in [-0.05, 0) is 36.6 Å². The molecule has 3 heteroatoms. The van der Waals surface area contributed by atoms with Crippen molar-refractivity contribution in [3.05, 3.63) is 54.1 Å². The number of para-hydroxylation sites is 1. The molecule has 3 rings (SSSR count). The molecule has 0 aliphatic carbocycles. The summed E-state index contributed by atoms with van der Waals surface area (Å²) in [5.41, 5.74) is 3.78. The van der Waals surface area contributed by atoms with E-state index < -0.39 is 0 Å². The zero-order valence-electron chi connectivity index (χ0n) is 13.8. The highest BCUT2D eigenvalue weighted by molar-refractivity contribution is 5.70. The normalized spacial score (nSPS) is 15.5. The molecule has 2 aromatic rings. The van der Waals surface area contributed by atoms with Crippen LogP contribution >= 0.6 is 0 Å². The van der Waals surface area contributed by atoms with Crippen molar-refractivity contribution >= 4 is 0 Å². The van der Waals surface area contributed by atoms with Crippen molar-refractivity contribution in [2.24, 2.45) is 0 Å². The Kier molecular flexibility index (Phi) is 5.67. The summed E-state index contributed by atoms with van der Waals surface area (Å²) < 4.78 is 10.9. The molecule has 0 saturated carbocycles. The summed E-state index contributed by atoms with van der Waals surface area (Å²) >= 11 is 0. The fraction of sp³-hybridized carbons (Fsp3) is 0.400. The number of ether oxygens (including phenoxy) is 2. The second-order valence-electron chi connectivity index (χ2n) is 5.96. The molecular formula is C20H25NO2. The summed E-state index contributed by atoms with van der Waals surface area (Å²) in [6.07, 6.45) is 2.30. The van der Waals surface area contributed by atoms with Gasteiger partial charge in [-0.2, -0.15) is 0 Å². The number of morpholine rings is 1. The number of aryl methyl sites for hydroxylation is 1. The SMILES string of the molecule is COc1ccccc1-c1cccc(CCCN2CCOCC2)c1. The number of nitrogens with zero attached hydrogens (tertiary/aromatic N) is 1. The maximum Gasteiger partial charge on any atom is 0.126 e. The maximum absolute atomic E-state index is 5.48. The molecule has 0 N–H and O–H groups in total. The summed E-state index contributed by atoms with van der Waals surface area (Å²) in [6, 6.07) is 17.0. The van der Waals surface area contributed by atoms with Gasteiger partial charge in [-0.3, -0.25) is 4.90 Å². The predicted molar refractivity (Wildman–Crippen MR) is 94.0 cm³/mol. The Morgan fingerprint density at radius 2 is 1.87 bits per heavy atom. The van der Waals surface area contributed by atoms with Crippen LogP contribution in [0.4, 0.5) is 0 Å². The molecule has 3 nitrogen and oxygen atoms in total. The van der Waals surface area contributed by atoms with Crippen LogP contribution in [0, 0.1) is 0 Å². The van der Waals surface area contributed by atoms with E-state index in [4.69, 9.17) is 9.47 Å². The Hall–Kier alpha value is -1.84. The molecule has 0 atom stereocenters. The lowest BCUT2D eigenvalue weighted by atomic mass is 10.00. The minimum absolute atomic E-state index is 0.878. The first-order valence-corrected chi connectivity index (χ1v) is 8.39. The van der Waals surface area contributed by atoms with Gasteiger partial charge in [0.1, 0.15) is 5.75 Å². The van der Waals surface area contributed by atoms with E-state index in [0.29, 0.717) is 0 Å². The third-order valence-electron chi connectivity index (χ3n) is 4.39. The third-order valence-corrected chi connectivity index (χ3v) is 4.39. The lowest BCUT2D eigenvalue weighted by Crippen LogP contribution is -2.36. The van der Waals surface area contributed by atoms with Gasteiger partial charge in [0.2, 0.25) is 0 Å². The zero-order valence-corrected chi connectivity index (χ0v) is 13.8. The van der Waals surface area contributed by atoms with Crippen LogP contribution in [0.25, 0.3) is 11.1 Å². The first-order chi connectivity index (χ1) is 11.4. The van der Waals surface area contributed by atoms with Crippen LogP contribution in [0.5, 0.6) is 5.75 Å². The van der Waals surface area contributed by atoms with Gasteiger partial charge < -0.3 is 9.47 Å². The van der Waals surface area contributed by atoms with E-state index in [-0.39, 0.29) is 0 Å². The van der Waals surface area contributed by atoms with Crippen molar-refractivity contribution in [1.29, 1.82) is 0 Å². The second kappa shape index (κ2) is 8.14. The van der Waals surface area contributed by atoms with Gasteiger partial charge in [0.25, 0.3) is 0 Å². The van der Waals surface area contributed by atoms with Crippen LogP contribution < -0.4 is 4.74 Å². The number of hydrogen-bond donors (Lipinski definition) is 0. The van der Waals surface area contributed by atoms with Crippen molar-refractivity contribution < 1.29 is 9.47 Å². The van der Waals surface area contributed by atoms with Crippen LogP contribution in [0.3, 0.4) is 0 Å². The minimum atomic E-state index is 0.878. The molecule has 0 spiro atoms. The Bertz CT molecular complexity index is 621. The van der Waals surface area contributed by atoms with Crippen molar-refractivity contribution in [3.63, 3.8) is 0 Å². The Morgan fingerprint density at radius 1 is 1.04 bits per heavy atom. The standard InChI is InChI=1S/C20H25NO2/c1-22-20-10-3-2-9-19(20)18-8-4-6-17(16-18)7-5-11-21-12-14-23-15-13-21/h2-4,6,8-10,16H,5,7,11-15H2,1H3. The Labute approximate surface area is 138 Å². The van der Waals surface area contributed by atoms with E-state index >= 15 is 0 Å². The third kappa shape index (κ3) is 4.34.